The number of carbonyl (C=O) groups is 1. The molecule has 82 valence electrons. The molecule has 0 aromatic carbocycles. The predicted octanol–water partition coefficient (Wildman–Crippen LogP) is 1.87. The molecule has 3 nitrogen and oxygen atoms in total. The van der Waals surface area contributed by atoms with Crippen molar-refractivity contribution >= 4 is 5.97 Å². The monoisotopic (exact) mass is 219 g/mol. The molecule has 1 aromatic heterocycles. The molecule has 0 aliphatic heterocycles. The maximum atomic E-state index is 13.1. The summed E-state index contributed by atoms with van der Waals surface area (Å²) in [5.74, 6) is -1.61. The van der Waals surface area contributed by atoms with E-state index < -0.39 is 23.8 Å². The molecule has 1 aromatic rings. The Morgan fingerprint density at radius 3 is 2.73 bits per heavy atom. The van der Waals surface area contributed by atoms with Crippen molar-refractivity contribution in [2.75, 3.05) is 7.11 Å². The van der Waals surface area contributed by atoms with Crippen LogP contribution in [0.4, 0.5) is 13.2 Å². The SMILES string of the molecule is COC(=O)Cc1ncc(C(F)F)cc1F. The van der Waals surface area contributed by atoms with E-state index in [1.54, 1.807) is 0 Å². The number of halogens is 3. The van der Waals surface area contributed by atoms with Gasteiger partial charge in [0.1, 0.15) is 5.82 Å². The fourth-order valence-corrected chi connectivity index (χ4v) is 0.939. The molecule has 6 heteroatoms. The van der Waals surface area contributed by atoms with E-state index in [4.69, 9.17) is 0 Å². The summed E-state index contributed by atoms with van der Waals surface area (Å²) < 4.78 is 41.6. The molecular weight excluding hydrogens is 211 g/mol. The van der Waals surface area contributed by atoms with Gasteiger partial charge in [0.05, 0.1) is 19.2 Å². The number of nitrogens with zero attached hydrogens (tertiary/aromatic N) is 1. The van der Waals surface area contributed by atoms with Crippen LogP contribution < -0.4 is 0 Å². The zero-order valence-corrected chi connectivity index (χ0v) is 7.84. The quantitative estimate of drug-likeness (QED) is 0.728. The highest BCUT2D eigenvalue weighted by Gasteiger charge is 2.14. The van der Waals surface area contributed by atoms with E-state index in [1.165, 1.54) is 0 Å². The van der Waals surface area contributed by atoms with Crippen LogP contribution in [-0.2, 0) is 16.0 Å². The van der Waals surface area contributed by atoms with Crippen LogP contribution in [0.2, 0.25) is 0 Å². The third kappa shape index (κ3) is 2.93. The van der Waals surface area contributed by atoms with Gasteiger partial charge in [-0.2, -0.15) is 0 Å². The van der Waals surface area contributed by atoms with Crippen molar-refractivity contribution < 1.29 is 22.7 Å². The van der Waals surface area contributed by atoms with E-state index in [0.717, 1.165) is 13.3 Å². The van der Waals surface area contributed by atoms with E-state index in [1.807, 2.05) is 0 Å². The summed E-state index contributed by atoms with van der Waals surface area (Å²) >= 11 is 0. The molecule has 15 heavy (non-hydrogen) atoms. The maximum Gasteiger partial charge on any atom is 0.311 e. The van der Waals surface area contributed by atoms with Crippen molar-refractivity contribution in [2.45, 2.75) is 12.8 Å². The first-order chi connectivity index (χ1) is 7.04. The molecule has 0 unspecified atom stereocenters. The number of hydrogen-bond donors (Lipinski definition) is 0. The number of aromatic nitrogens is 1. The van der Waals surface area contributed by atoms with Crippen molar-refractivity contribution in [3.8, 4) is 0 Å². The first kappa shape index (κ1) is 11.5. The smallest absolute Gasteiger partial charge is 0.311 e. The van der Waals surface area contributed by atoms with Crippen LogP contribution in [0.15, 0.2) is 12.3 Å². The number of rotatable bonds is 3. The van der Waals surface area contributed by atoms with Gasteiger partial charge in [0, 0.05) is 11.8 Å². The van der Waals surface area contributed by atoms with E-state index in [9.17, 15) is 18.0 Å². The van der Waals surface area contributed by atoms with Gasteiger partial charge in [-0.15, -0.1) is 0 Å². The molecule has 0 atom stereocenters. The zero-order chi connectivity index (χ0) is 11.4. The van der Waals surface area contributed by atoms with Gasteiger partial charge in [0.15, 0.2) is 0 Å². The van der Waals surface area contributed by atoms with E-state index in [2.05, 4.69) is 9.72 Å². The number of methoxy groups -OCH3 is 1. The normalized spacial score (nSPS) is 10.5. The van der Waals surface area contributed by atoms with Gasteiger partial charge in [0.25, 0.3) is 6.43 Å². The number of hydrogen-bond acceptors (Lipinski definition) is 3. The predicted molar refractivity (Wildman–Crippen MR) is 44.9 cm³/mol. The number of alkyl halides is 2. The van der Waals surface area contributed by atoms with Crippen LogP contribution in [0.5, 0.6) is 0 Å². The molecule has 0 amide bonds. The second-order valence-corrected chi connectivity index (χ2v) is 2.75. The number of ether oxygens (including phenoxy) is 1. The Bertz CT molecular complexity index is 368. The molecule has 0 N–H and O–H groups in total. The summed E-state index contributed by atoms with van der Waals surface area (Å²) in [7, 11) is 1.15. The lowest BCUT2D eigenvalue weighted by molar-refractivity contribution is -0.139. The van der Waals surface area contributed by atoms with Gasteiger partial charge in [0.2, 0.25) is 0 Å². The van der Waals surface area contributed by atoms with Crippen LogP contribution >= 0.6 is 0 Å². The second-order valence-electron chi connectivity index (χ2n) is 2.75. The lowest BCUT2D eigenvalue weighted by atomic mass is 10.2. The summed E-state index contributed by atoms with van der Waals surface area (Å²) in [5, 5.41) is 0. The van der Waals surface area contributed by atoms with Gasteiger partial charge >= 0.3 is 5.97 Å². The number of carbonyl (C=O) groups excluding carboxylic acids is 1. The van der Waals surface area contributed by atoms with Crippen LogP contribution in [0.3, 0.4) is 0 Å². The molecule has 1 heterocycles. The Morgan fingerprint density at radius 2 is 2.27 bits per heavy atom. The minimum atomic E-state index is -2.78. The van der Waals surface area contributed by atoms with Crippen molar-refractivity contribution in [2.24, 2.45) is 0 Å². The maximum absolute atomic E-state index is 13.1. The summed E-state index contributed by atoms with van der Waals surface area (Å²) in [6.45, 7) is 0. The highest BCUT2D eigenvalue weighted by atomic mass is 19.3. The minimum absolute atomic E-state index is 0.203. The highest BCUT2D eigenvalue weighted by molar-refractivity contribution is 5.71. The third-order valence-electron chi connectivity index (χ3n) is 1.73. The Kier molecular flexibility index (Phi) is 3.65. The summed E-state index contributed by atoms with van der Waals surface area (Å²) in [5.41, 5.74) is -0.715. The molecule has 0 aliphatic rings. The van der Waals surface area contributed by atoms with E-state index in [-0.39, 0.29) is 12.1 Å². The third-order valence-corrected chi connectivity index (χ3v) is 1.73. The van der Waals surface area contributed by atoms with Crippen molar-refractivity contribution in [1.82, 2.24) is 4.98 Å². The molecule has 0 saturated carbocycles. The van der Waals surface area contributed by atoms with Crippen LogP contribution in [0.25, 0.3) is 0 Å². The van der Waals surface area contributed by atoms with Crippen molar-refractivity contribution in [1.29, 1.82) is 0 Å². The van der Waals surface area contributed by atoms with Gasteiger partial charge in [-0.3, -0.25) is 9.78 Å². The first-order valence-electron chi connectivity index (χ1n) is 4.04. The standard InChI is InChI=1S/C9H8F3NO2/c1-15-8(14)3-7-6(10)2-5(4-13-7)9(11)12/h2,4,9H,3H2,1H3. The average molecular weight is 219 g/mol. The molecule has 0 saturated heterocycles. The number of pyridine rings is 1. The van der Waals surface area contributed by atoms with Gasteiger partial charge < -0.3 is 4.74 Å². The highest BCUT2D eigenvalue weighted by Crippen LogP contribution is 2.19. The molecule has 0 aliphatic carbocycles. The number of esters is 1. The van der Waals surface area contributed by atoms with Gasteiger partial charge in [-0.05, 0) is 6.07 Å². The minimum Gasteiger partial charge on any atom is -0.469 e. The molecular formula is C9H8F3NO2. The molecule has 0 radical (unpaired) electrons. The topological polar surface area (TPSA) is 39.2 Å². The fraction of sp³-hybridized carbons (Fsp3) is 0.333. The van der Waals surface area contributed by atoms with Gasteiger partial charge in [-0.1, -0.05) is 0 Å². The Hall–Kier alpha value is -1.59. The zero-order valence-electron chi connectivity index (χ0n) is 7.84. The summed E-state index contributed by atoms with van der Waals surface area (Å²) in [6.07, 6.45) is -2.31. The largest absolute Gasteiger partial charge is 0.469 e. The average Bonchev–Trinajstić information content (AvgIpc) is 2.20. The van der Waals surface area contributed by atoms with Crippen molar-refractivity contribution in [3.63, 3.8) is 0 Å². The molecule has 0 fully saturated rings. The van der Waals surface area contributed by atoms with Crippen LogP contribution in [-0.4, -0.2) is 18.1 Å². The van der Waals surface area contributed by atoms with Crippen molar-refractivity contribution in [3.05, 3.63) is 29.3 Å². The van der Waals surface area contributed by atoms with Gasteiger partial charge in [-0.25, -0.2) is 13.2 Å². The lowest BCUT2D eigenvalue weighted by Crippen LogP contribution is -2.08. The van der Waals surface area contributed by atoms with E-state index >= 15 is 0 Å². The summed E-state index contributed by atoms with van der Waals surface area (Å²) in [6, 6.07) is 0.663. The van der Waals surface area contributed by atoms with E-state index in [0.29, 0.717) is 6.07 Å². The van der Waals surface area contributed by atoms with Crippen LogP contribution in [0, 0.1) is 5.82 Å². The Morgan fingerprint density at radius 1 is 1.60 bits per heavy atom. The second kappa shape index (κ2) is 4.77. The molecule has 0 spiro atoms. The molecule has 0 bridgehead atoms. The fourth-order valence-electron chi connectivity index (χ4n) is 0.939. The Balaban J connectivity index is 2.88. The molecule has 1 rings (SSSR count). The van der Waals surface area contributed by atoms with Crippen LogP contribution in [0.1, 0.15) is 17.7 Å². The first-order valence-corrected chi connectivity index (χ1v) is 4.04. The Labute approximate surface area is 83.9 Å². The lowest BCUT2D eigenvalue weighted by Gasteiger charge is -2.03. The summed E-state index contributed by atoms with van der Waals surface area (Å²) in [4.78, 5) is 14.2.